The number of halogens is 4. The van der Waals surface area contributed by atoms with E-state index in [1.54, 1.807) is 38.4 Å². The number of hydrogen-bond donors (Lipinski definition) is 4. The third-order valence-corrected chi connectivity index (χ3v) is 17.3. The van der Waals surface area contributed by atoms with Gasteiger partial charge in [0.2, 0.25) is 23.6 Å². The monoisotopic (exact) mass is 1400 g/mol. The highest BCUT2D eigenvalue weighted by Crippen LogP contribution is 2.42. The molecule has 4 heterocycles. The summed E-state index contributed by atoms with van der Waals surface area (Å²) in [4.78, 5) is 93.0. The molecule has 2 saturated heterocycles. The van der Waals surface area contributed by atoms with Crippen LogP contribution in [0, 0.1) is 0 Å². The number of likely N-dealkylation sites (N-methyl/N-ethyl adjacent to an activating group) is 2. The number of nitrogens with zero attached hydrogens (tertiary/aromatic N) is 10. The number of ether oxygens (including phenoxy) is 5. The van der Waals surface area contributed by atoms with Crippen LogP contribution in [0.3, 0.4) is 0 Å². The Bertz CT molecular complexity index is 3670. The molecule has 96 heavy (non-hydrogen) atoms. The number of nitrogens with one attached hydrogen (secondary N) is 3. The van der Waals surface area contributed by atoms with Gasteiger partial charge in [-0.15, -0.1) is 0 Å². The lowest BCUT2D eigenvalue weighted by Gasteiger charge is -2.36. The minimum atomic E-state index is -0.538. The van der Waals surface area contributed by atoms with Crippen LogP contribution in [-0.2, 0) is 49.6 Å². The fourth-order valence-corrected chi connectivity index (χ4v) is 11.7. The number of carbonyl (C=O) groups is 5. The van der Waals surface area contributed by atoms with Crippen molar-refractivity contribution >= 4 is 111 Å². The van der Waals surface area contributed by atoms with Crippen LogP contribution in [0.15, 0.2) is 98.6 Å². The van der Waals surface area contributed by atoms with Gasteiger partial charge in [0.05, 0.1) is 72.8 Å². The Morgan fingerprint density at radius 2 is 0.948 bits per heavy atom. The number of carbonyl (C=O) groups excluding carboxylic acids is 5. The molecule has 24 nitrogen and oxygen atoms in total. The van der Waals surface area contributed by atoms with Gasteiger partial charge < -0.3 is 55.2 Å². The topological polar surface area (TPSA) is 265 Å². The summed E-state index contributed by atoms with van der Waals surface area (Å²) in [5.41, 5.74) is 12.2. The summed E-state index contributed by atoms with van der Waals surface area (Å²) in [6.45, 7) is 22.2. The van der Waals surface area contributed by atoms with Crippen molar-refractivity contribution < 1.29 is 47.7 Å². The number of piperazine rings is 2. The van der Waals surface area contributed by atoms with E-state index in [4.69, 9.17) is 75.8 Å². The van der Waals surface area contributed by atoms with Crippen molar-refractivity contribution in [3.63, 3.8) is 0 Å². The second-order valence-electron chi connectivity index (χ2n) is 23.1. The minimum absolute atomic E-state index is 0. The summed E-state index contributed by atoms with van der Waals surface area (Å²) in [5, 5.41) is 9.60. The van der Waals surface area contributed by atoms with Crippen LogP contribution >= 0.6 is 46.4 Å². The Kier molecular flexibility index (Phi) is 28.7. The molecule has 4 aromatic carbocycles. The first-order valence-electron chi connectivity index (χ1n) is 30.5. The van der Waals surface area contributed by atoms with Crippen LogP contribution < -0.4 is 60.2 Å². The molecule has 2 aliphatic rings. The Morgan fingerprint density at radius 3 is 1.29 bits per heavy atom. The van der Waals surface area contributed by atoms with E-state index in [9.17, 15) is 24.0 Å². The van der Waals surface area contributed by atoms with Gasteiger partial charge in [-0.05, 0) is 68.3 Å². The first-order chi connectivity index (χ1) is 45.4. The maximum absolute atomic E-state index is 13.4. The molecule has 2 aromatic heterocycles. The molecule has 0 radical (unpaired) electrons. The molecule has 5 N–H and O–H groups in total. The number of anilines is 6. The van der Waals surface area contributed by atoms with E-state index in [2.05, 4.69) is 68.6 Å². The zero-order valence-electron chi connectivity index (χ0n) is 55.0. The molecule has 28 heteroatoms. The summed E-state index contributed by atoms with van der Waals surface area (Å²) < 4.78 is 26.6. The van der Waals surface area contributed by atoms with Gasteiger partial charge in [0.25, 0.3) is 0 Å². The predicted octanol–water partition coefficient (Wildman–Crippen LogP) is 9.81. The van der Waals surface area contributed by atoms with Crippen LogP contribution in [0.4, 0.5) is 39.2 Å². The second kappa shape index (κ2) is 36.0. The summed E-state index contributed by atoms with van der Waals surface area (Å²) in [5.74, 6) is 0.876. The Morgan fingerprint density at radius 1 is 0.573 bits per heavy atom. The lowest BCUT2D eigenvalue weighted by atomic mass is 10.0. The summed E-state index contributed by atoms with van der Waals surface area (Å²) in [7, 11) is 9.11. The number of nitrogens with two attached hydrogens (primary N) is 1. The van der Waals surface area contributed by atoms with Crippen molar-refractivity contribution in [3.05, 3.63) is 152 Å². The quantitative estimate of drug-likeness (QED) is 0.0388. The smallest absolute Gasteiger partial charge is 0.407 e. The molecule has 0 bridgehead atoms. The van der Waals surface area contributed by atoms with E-state index in [1.165, 1.54) is 63.0 Å². The normalized spacial score (nSPS) is 13.2. The molecule has 516 valence electrons. The van der Waals surface area contributed by atoms with Gasteiger partial charge in [-0.1, -0.05) is 79.1 Å². The van der Waals surface area contributed by atoms with Crippen molar-refractivity contribution in [1.82, 2.24) is 35.1 Å². The first-order valence-corrected chi connectivity index (χ1v) is 32.0. The van der Waals surface area contributed by atoms with Crippen LogP contribution in [0.5, 0.6) is 23.0 Å². The second-order valence-corrected chi connectivity index (χ2v) is 24.6. The molecular formula is C68H86Cl4N14O10. The lowest BCUT2D eigenvalue weighted by Crippen LogP contribution is -2.48. The number of hydrogen-bond acceptors (Lipinski definition) is 19. The molecule has 0 spiro atoms. The zero-order chi connectivity index (χ0) is 69.1. The lowest BCUT2D eigenvalue weighted by molar-refractivity contribution is -0.118. The van der Waals surface area contributed by atoms with E-state index in [0.29, 0.717) is 101 Å². The molecule has 6 aromatic rings. The molecule has 2 fully saturated rings. The highest BCUT2D eigenvalue weighted by molar-refractivity contribution is 6.39. The van der Waals surface area contributed by atoms with Crippen molar-refractivity contribution in [3.8, 4) is 23.0 Å². The fraction of sp³-hybridized carbons (Fsp3) is 0.397. The number of aromatic nitrogens is 4. The first kappa shape index (κ1) is 76.5. The van der Waals surface area contributed by atoms with Crippen molar-refractivity contribution in [2.75, 3.05) is 151 Å². The largest absolute Gasteiger partial charge is 0.495 e. The van der Waals surface area contributed by atoms with Crippen LogP contribution in [0.2, 0.25) is 20.1 Å². The van der Waals surface area contributed by atoms with E-state index in [1.807, 2.05) is 57.2 Å². The third kappa shape index (κ3) is 20.8. The number of methoxy groups -OCH3 is 4. The van der Waals surface area contributed by atoms with Crippen molar-refractivity contribution in [2.45, 2.75) is 59.5 Å². The highest BCUT2D eigenvalue weighted by Gasteiger charge is 2.27. The molecule has 0 saturated carbocycles. The van der Waals surface area contributed by atoms with Crippen LogP contribution in [0.1, 0.15) is 61.8 Å². The van der Waals surface area contributed by atoms with Crippen LogP contribution in [0.25, 0.3) is 0 Å². The van der Waals surface area contributed by atoms with E-state index >= 15 is 0 Å². The van der Waals surface area contributed by atoms with Gasteiger partial charge in [-0.2, -0.15) is 0 Å². The summed E-state index contributed by atoms with van der Waals surface area (Å²) >= 11 is 26.0. The number of alkyl carbamates (subject to hydrolysis) is 1. The fourth-order valence-electron chi connectivity index (χ4n) is 10.4. The van der Waals surface area contributed by atoms with Gasteiger partial charge in [0.1, 0.15) is 52.9 Å². The van der Waals surface area contributed by atoms with Crippen molar-refractivity contribution in [2.24, 2.45) is 5.73 Å². The highest BCUT2D eigenvalue weighted by atomic mass is 35.5. The SMILES string of the molecule is C.C=CC(=O)Nc1cc(N2CCN(CCN)CC2)ccc1Cc1cc(N(C)C(=O)Cc2c(Cl)c(OC)cc(OC)c2Cl)ncn1.C=CC(=O)Nc1cc(N2CCN(CCNC(=O)OC(C)(C)C)CC2)ccc1Cc1cc(N(C)C(=O)Cc2c(Cl)c(OC)cc(OC)c2Cl)ncn1. The average molecular weight is 1400 g/mol. The predicted molar refractivity (Wildman–Crippen MR) is 381 cm³/mol. The Balaban J connectivity index is 0.000000304. The molecule has 2 aliphatic heterocycles. The zero-order valence-corrected chi connectivity index (χ0v) is 58.0. The van der Waals surface area contributed by atoms with Gasteiger partial charge >= 0.3 is 6.09 Å². The Labute approximate surface area is 581 Å². The molecule has 0 atom stereocenters. The average Bonchev–Trinajstić information content (AvgIpc) is 0.823. The van der Waals surface area contributed by atoms with Gasteiger partial charge in [-0.3, -0.25) is 38.8 Å². The molecule has 0 aliphatic carbocycles. The standard InChI is InChI=1S/C36H45Cl2N7O6.C31H37Cl2N7O4.CH4/c1-8-31(46)42-27-19-25(45-15-13-44(14-16-45)12-11-39-35(48)51-36(2,3)4)10-9-23(27)17-24-18-30(41-22-40-24)43(5)32(47)20-26-33(37)28(49-6)21-29(50-7)34(26)38;1-5-28(41)37-24-16-22(40-12-10-39(9-8-34)11-13-40)7-6-20(24)14-21-15-27(36-19-35-21)38(2)29(42)17-23-30(32)25(43-3)18-26(44-4)31(23)33;/h8-10,18-19,21-22H,1,11-17,20H2,2-7H3,(H,39,48)(H,42,46);5-7,15-16,18-19H,1,8-14,17,34H2,2-4H3,(H,37,41);1H4. The summed E-state index contributed by atoms with van der Waals surface area (Å²) in [6.07, 6.45) is 5.34. The van der Waals surface area contributed by atoms with Crippen molar-refractivity contribution in [1.29, 1.82) is 0 Å². The van der Waals surface area contributed by atoms with Crippen LogP contribution in [-0.4, -0.2) is 186 Å². The number of amides is 5. The summed E-state index contributed by atoms with van der Waals surface area (Å²) in [6, 6.07) is 18.5. The van der Waals surface area contributed by atoms with Gasteiger partial charge in [0, 0.05) is 164 Å². The third-order valence-electron chi connectivity index (χ3n) is 15.7. The molecular weight excluding hydrogens is 1310 g/mol. The van der Waals surface area contributed by atoms with Gasteiger partial charge in [0.15, 0.2) is 0 Å². The molecule has 5 amide bonds. The molecule has 0 unspecified atom stereocenters. The van der Waals surface area contributed by atoms with Gasteiger partial charge in [-0.25, -0.2) is 24.7 Å². The van der Waals surface area contributed by atoms with E-state index in [-0.39, 0.29) is 64.0 Å². The Hall–Kier alpha value is -8.49. The van der Waals surface area contributed by atoms with E-state index in [0.717, 1.165) is 81.4 Å². The number of benzene rings is 4. The molecule has 8 rings (SSSR count). The maximum Gasteiger partial charge on any atom is 0.407 e. The minimum Gasteiger partial charge on any atom is -0.495 e. The maximum atomic E-state index is 13.4. The van der Waals surface area contributed by atoms with E-state index < -0.39 is 11.7 Å². The number of rotatable bonds is 25.